The average Bonchev–Trinajstić information content (AvgIpc) is 2.93. The van der Waals surface area contributed by atoms with Crippen molar-refractivity contribution in [3.63, 3.8) is 0 Å². The smallest absolute Gasteiger partial charge is 0.353 e. The molecular formula is C31H34F6N4O. The number of carbonyl (C=O) groups is 1. The predicted molar refractivity (Wildman–Crippen MR) is 148 cm³/mol. The Kier molecular flexibility index (Phi) is 9.32. The third-order valence-corrected chi connectivity index (χ3v) is 7.73. The van der Waals surface area contributed by atoms with E-state index in [-0.39, 0.29) is 24.9 Å². The normalized spacial score (nSPS) is 17.4. The summed E-state index contributed by atoms with van der Waals surface area (Å²) >= 11 is 0. The highest BCUT2D eigenvalue weighted by Gasteiger charge is 2.68. The van der Waals surface area contributed by atoms with E-state index >= 15 is 0 Å². The number of alkyl halides is 6. The Morgan fingerprint density at radius 2 is 1.36 bits per heavy atom. The third-order valence-electron chi connectivity index (χ3n) is 7.73. The Morgan fingerprint density at radius 1 is 0.833 bits per heavy atom. The summed E-state index contributed by atoms with van der Waals surface area (Å²) < 4.78 is 80.6. The van der Waals surface area contributed by atoms with E-state index in [0.717, 1.165) is 29.8 Å². The number of rotatable bonds is 8. The SMILES string of the molecule is CC(C)NC(=O)[C@@H]1CN(Cc2ccc(-c3ccc(C(C)(C(F)(F)F)C(F)(F)F)cc3)cc2)CCN1Cc1ccncc1. The lowest BCUT2D eigenvalue weighted by molar-refractivity contribution is -0.297. The molecule has 0 radical (unpaired) electrons. The largest absolute Gasteiger partial charge is 0.406 e. The fourth-order valence-electron chi connectivity index (χ4n) is 5.11. The van der Waals surface area contributed by atoms with Gasteiger partial charge in [-0.2, -0.15) is 26.3 Å². The first-order valence-corrected chi connectivity index (χ1v) is 13.7. The Balaban J connectivity index is 1.45. The van der Waals surface area contributed by atoms with Gasteiger partial charge in [-0.05, 0) is 60.7 Å². The van der Waals surface area contributed by atoms with Crippen LogP contribution in [0.3, 0.4) is 0 Å². The molecule has 5 nitrogen and oxygen atoms in total. The van der Waals surface area contributed by atoms with Crippen LogP contribution < -0.4 is 5.32 Å². The van der Waals surface area contributed by atoms with Gasteiger partial charge in [-0.3, -0.25) is 19.6 Å². The lowest BCUT2D eigenvalue weighted by Crippen LogP contribution is -2.59. The van der Waals surface area contributed by atoms with Crippen molar-refractivity contribution < 1.29 is 31.1 Å². The zero-order valence-electron chi connectivity index (χ0n) is 23.6. The fourth-order valence-corrected chi connectivity index (χ4v) is 5.11. The van der Waals surface area contributed by atoms with Gasteiger partial charge in [-0.25, -0.2) is 0 Å². The quantitative estimate of drug-likeness (QED) is 0.310. The average molecular weight is 593 g/mol. The number of hydrogen-bond acceptors (Lipinski definition) is 4. The number of aromatic nitrogens is 1. The van der Waals surface area contributed by atoms with Gasteiger partial charge in [0.1, 0.15) is 6.04 Å². The van der Waals surface area contributed by atoms with Crippen LogP contribution in [-0.4, -0.2) is 64.8 Å². The first-order chi connectivity index (χ1) is 19.7. The van der Waals surface area contributed by atoms with Crippen LogP contribution in [0.1, 0.15) is 37.5 Å². The van der Waals surface area contributed by atoms with Gasteiger partial charge >= 0.3 is 12.4 Å². The number of carbonyl (C=O) groups excluding carboxylic acids is 1. The van der Waals surface area contributed by atoms with E-state index in [1.165, 1.54) is 12.1 Å². The van der Waals surface area contributed by atoms with Crippen molar-refractivity contribution in [2.24, 2.45) is 0 Å². The molecule has 226 valence electrons. The number of halogens is 6. The number of pyridine rings is 1. The van der Waals surface area contributed by atoms with Gasteiger partial charge in [0.05, 0.1) is 0 Å². The lowest BCUT2D eigenvalue weighted by atomic mass is 9.80. The molecule has 1 saturated heterocycles. The molecule has 1 N–H and O–H groups in total. The van der Waals surface area contributed by atoms with Gasteiger partial charge in [0.15, 0.2) is 5.41 Å². The van der Waals surface area contributed by atoms with Crippen molar-refractivity contribution in [2.75, 3.05) is 19.6 Å². The molecule has 11 heteroatoms. The molecule has 42 heavy (non-hydrogen) atoms. The Morgan fingerprint density at radius 3 is 1.88 bits per heavy atom. The molecule has 4 rings (SSSR count). The molecule has 0 saturated carbocycles. The molecule has 1 aliphatic rings. The maximum atomic E-state index is 13.4. The van der Waals surface area contributed by atoms with Crippen molar-refractivity contribution in [3.8, 4) is 11.1 Å². The van der Waals surface area contributed by atoms with E-state index in [4.69, 9.17) is 0 Å². The molecule has 3 aromatic rings. The molecule has 2 heterocycles. The van der Waals surface area contributed by atoms with E-state index < -0.39 is 23.3 Å². The van der Waals surface area contributed by atoms with Gasteiger partial charge in [-0.15, -0.1) is 0 Å². The van der Waals surface area contributed by atoms with Crippen LogP contribution in [0, 0.1) is 0 Å². The third kappa shape index (κ3) is 6.95. The van der Waals surface area contributed by atoms with Crippen LogP contribution in [-0.2, 0) is 23.3 Å². The second-order valence-corrected chi connectivity index (χ2v) is 11.1. The van der Waals surface area contributed by atoms with E-state index in [1.54, 1.807) is 24.5 Å². The summed E-state index contributed by atoms with van der Waals surface area (Å²) in [6.07, 6.45) is -7.52. The number of nitrogens with zero attached hydrogens (tertiary/aromatic N) is 3. The Hall–Kier alpha value is -3.44. The van der Waals surface area contributed by atoms with Crippen molar-refractivity contribution >= 4 is 5.91 Å². The monoisotopic (exact) mass is 592 g/mol. The van der Waals surface area contributed by atoms with Crippen molar-refractivity contribution in [3.05, 3.63) is 89.7 Å². The molecule has 1 aliphatic heterocycles. The van der Waals surface area contributed by atoms with Gasteiger partial charge < -0.3 is 5.32 Å². The van der Waals surface area contributed by atoms with Gasteiger partial charge in [-0.1, -0.05) is 48.5 Å². The van der Waals surface area contributed by atoms with Crippen LogP contribution in [0.4, 0.5) is 26.3 Å². The molecule has 2 aromatic carbocycles. The van der Waals surface area contributed by atoms with E-state index in [0.29, 0.717) is 37.3 Å². The first kappa shape index (κ1) is 31.5. The Bertz CT molecular complexity index is 1310. The van der Waals surface area contributed by atoms with Gasteiger partial charge in [0, 0.05) is 51.2 Å². The summed E-state index contributed by atoms with van der Waals surface area (Å²) in [6, 6.07) is 15.2. The summed E-state index contributed by atoms with van der Waals surface area (Å²) in [7, 11) is 0. The van der Waals surface area contributed by atoms with Gasteiger partial charge in [0.25, 0.3) is 0 Å². The van der Waals surface area contributed by atoms with Gasteiger partial charge in [0.2, 0.25) is 5.91 Å². The van der Waals surface area contributed by atoms with Crippen LogP contribution in [0.5, 0.6) is 0 Å². The molecular weight excluding hydrogens is 558 g/mol. The van der Waals surface area contributed by atoms with E-state index in [1.807, 2.05) is 38.1 Å². The molecule has 1 atom stereocenters. The van der Waals surface area contributed by atoms with E-state index in [9.17, 15) is 31.1 Å². The first-order valence-electron chi connectivity index (χ1n) is 13.7. The summed E-state index contributed by atoms with van der Waals surface area (Å²) in [5.41, 5.74) is -1.60. The second-order valence-electron chi connectivity index (χ2n) is 11.1. The molecule has 1 aromatic heterocycles. The maximum absolute atomic E-state index is 13.4. The second kappa shape index (κ2) is 12.4. The summed E-state index contributed by atoms with van der Waals surface area (Å²) in [5.74, 6) is -0.0327. The van der Waals surface area contributed by atoms with E-state index in [2.05, 4.69) is 20.1 Å². The Labute approximate surface area is 241 Å². The topological polar surface area (TPSA) is 48.5 Å². The number of piperazine rings is 1. The molecule has 0 bridgehead atoms. The van der Waals surface area contributed by atoms with Crippen molar-refractivity contribution in [1.82, 2.24) is 20.1 Å². The minimum Gasteiger partial charge on any atom is -0.353 e. The van der Waals surface area contributed by atoms with Crippen LogP contribution in [0.15, 0.2) is 73.1 Å². The fraction of sp³-hybridized carbons (Fsp3) is 0.419. The van der Waals surface area contributed by atoms with Crippen LogP contribution in [0.25, 0.3) is 11.1 Å². The van der Waals surface area contributed by atoms with Crippen LogP contribution in [0.2, 0.25) is 0 Å². The molecule has 1 amide bonds. The predicted octanol–water partition coefficient (Wildman–Crippen LogP) is 6.34. The number of amides is 1. The molecule has 0 aliphatic carbocycles. The number of nitrogens with one attached hydrogen (secondary N) is 1. The minimum absolute atomic E-state index is 0.00734. The zero-order chi connectivity index (χ0) is 30.7. The van der Waals surface area contributed by atoms with Crippen molar-refractivity contribution in [2.45, 2.75) is 63.7 Å². The van der Waals surface area contributed by atoms with Crippen LogP contribution >= 0.6 is 0 Å². The highest BCUT2D eigenvalue weighted by atomic mass is 19.4. The molecule has 0 spiro atoms. The number of benzene rings is 2. The standard InChI is InChI=1S/C31H34F6N4O/c1-21(2)39-28(42)27-20-40(16-17-41(27)19-23-12-14-38-15-13-23)18-22-4-6-24(7-5-22)25-8-10-26(11-9-25)29(3,30(32,33)34)31(35,36)37/h4-15,21,27H,16-20H2,1-3H3,(H,39,42)/t27-/m0/s1. The molecule has 1 fully saturated rings. The summed E-state index contributed by atoms with van der Waals surface area (Å²) in [4.78, 5) is 21.5. The highest BCUT2D eigenvalue weighted by molar-refractivity contribution is 5.82. The lowest BCUT2D eigenvalue weighted by Gasteiger charge is -2.41. The zero-order valence-corrected chi connectivity index (χ0v) is 23.6. The maximum Gasteiger partial charge on any atom is 0.406 e. The number of hydrogen-bond donors (Lipinski definition) is 1. The van der Waals surface area contributed by atoms with Crippen molar-refractivity contribution in [1.29, 1.82) is 0 Å². The molecule has 0 unspecified atom stereocenters. The summed E-state index contributed by atoms with van der Waals surface area (Å²) in [6.45, 7) is 7.19. The summed E-state index contributed by atoms with van der Waals surface area (Å²) in [5, 5.41) is 3.02. The highest BCUT2D eigenvalue weighted by Crippen LogP contribution is 2.51. The minimum atomic E-state index is -5.49.